The predicted octanol–water partition coefficient (Wildman–Crippen LogP) is 2.92. The third-order valence-electron chi connectivity index (χ3n) is 2.40. The highest BCUT2D eigenvalue weighted by Crippen LogP contribution is 2.39. The summed E-state index contributed by atoms with van der Waals surface area (Å²) >= 11 is 0. The van der Waals surface area contributed by atoms with E-state index in [1.165, 1.54) is 7.11 Å². The van der Waals surface area contributed by atoms with Crippen molar-refractivity contribution in [3.05, 3.63) is 12.2 Å². The Morgan fingerprint density at radius 3 is 2.46 bits per heavy atom. The minimum absolute atomic E-state index is 0.0589. The zero-order valence-corrected chi connectivity index (χ0v) is 7.53. The molecule has 1 nitrogen and oxygen atoms in total. The minimum atomic E-state index is -4.11. The van der Waals surface area contributed by atoms with Crippen molar-refractivity contribution < 1.29 is 17.9 Å². The highest BCUT2D eigenvalue weighted by molar-refractivity contribution is 5.04. The Kier molecular flexibility index (Phi) is 3.01. The first-order valence-corrected chi connectivity index (χ1v) is 4.19. The van der Waals surface area contributed by atoms with E-state index in [1.54, 1.807) is 0 Å². The third-order valence-corrected chi connectivity index (χ3v) is 2.40. The van der Waals surface area contributed by atoms with Crippen LogP contribution in [-0.4, -0.2) is 19.4 Å². The lowest BCUT2D eigenvalue weighted by molar-refractivity contribution is -0.186. The van der Waals surface area contributed by atoms with Crippen molar-refractivity contribution in [2.75, 3.05) is 7.11 Å². The van der Waals surface area contributed by atoms with Crippen LogP contribution >= 0.6 is 0 Å². The number of methoxy groups -OCH3 is 1. The van der Waals surface area contributed by atoms with Crippen LogP contribution in [-0.2, 0) is 4.74 Å². The largest absolute Gasteiger partial charge is 0.392 e. The minimum Gasteiger partial charge on any atom is -0.381 e. The second kappa shape index (κ2) is 3.70. The van der Waals surface area contributed by atoms with E-state index in [1.807, 2.05) is 0 Å². The monoisotopic (exact) mass is 194 g/mol. The second-order valence-corrected chi connectivity index (χ2v) is 3.49. The van der Waals surface area contributed by atoms with Crippen LogP contribution in [0, 0.1) is 5.92 Å². The van der Waals surface area contributed by atoms with E-state index >= 15 is 0 Å². The van der Waals surface area contributed by atoms with Crippen molar-refractivity contribution in [3.8, 4) is 0 Å². The molecule has 1 rings (SSSR count). The lowest BCUT2D eigenvalue weighted by Gasteiger charge is -2.30. The molecular weight excluding hydrogens is 181 g/mol. The van der Waals surface area contributed by atoms with Gasteiger partial charge in [-0.2, -0.15) is 13.2 Å². The van der Waals surface area contributed by atoms with Crippen molar-refractivity contribution in [2.45, 2.75) is 31.5 Å². The Labute approximate surface area is 75.6 Å². The van der Waals surface area contributed by atoms with E-state index in [0.29, 0.717) is 12.0 Å². The maximum absolute atomic E-state index is 12.3. The summed E-state index contributed by atoms with van der Waals surface area (Å²) < 4.78 is 41.9. The fourth-order valence-corrected chi connectivity index (χ4v) is 1.67. The van der Waals surface area contributed by atoms with E-state index in [4.69, 9.17) is 4.74 Å². The Hall–Kier alpha value is -0.510. The van der Waals surface area contributed by atoms with Crippen LogP contribution in [0.2, 0.25) is 0 Å². The number of rotatable bonds is 1. The van der Waals surface area contributed by atoms with E-state index in [0.717, 1.165) is 0 Å². The van der Waals surface area contributed by atoms with Gasteiger partial charge in [0.25, 0.3) is 0 Å². The topological polar surface area (TPSA) is 9.23 Å². The van der Waals surface area contributed by atoms with Crippen LogP contribution in [0.25, 0.3) is 0 Å². The standard InChI is InChI=1S/C9H13F3O/c1-6-3-7(9(10,11)12)5-8(4-6)13-2/h7-8H,1,3-5H2,2H3. The summed E-state index contributed by atoms with van der Waals surface area (Å²) in [4.78, 5) is 0. The Bertz CT molecular complexity index is 198. The summed E-state index contributed by atoms with van der Waals surface area (Å²) in [5.41, 5.74) is 0.639. The number of halogens is 3. The normalized spacial score (nSPS) is 30.6. The quantitative estimate of drug-likeness (QED) is 0.583. The van der Waals surface area contributed by atoms with Crippen molar-refractivity contribution in [2.24, 2.45) is 5.92 Å². The van der Waals surface area contributed by atoms with Crippen LogP contribution in [0.15, 0.2) is 12.2 Å². The summed E-state index contributed by atoms with van der Waals surface area (Å²) in [6.45, 7) is 3.60. The molecule has 0 aliphatic heterocycles. The zero-order chi connectivity index (χ0) is 10.1. The van der Waals surface area contributed by atoms with Crippen molar-refractivity contribution in [1.29, 1.82) is 0 Å². The van der Waals surface area contributed by atoms with Gasteiger partial charge in [0.05, 0.1) is 12.0 Å². The molecule has 0 saturated heterocycles. The van der Waals surface area contributed by atoms with Crippen molar-refractivity contribution in [3.63, 3.8) is 0 Å². The molecular formula is C9H13F3O. The van der Waals surface area contributed by atoms with Gasteiger partial charge in [0, 0.05) is 7.11 Å². The fraction of sp³-hybridized carbons (Fsp3) is 0.778. The second-order valence-electron chi connectivity index (χ2n) is 3.49. The highest BCUT2D eigenvalue weighted by atomic mass is 19.4. The molecule has 0 N–H and O–H groups in total. The zero-order valence-electron chi connectivity index (χ0n) is 7.53. The SMILES string of the molecule is C=C1CC(OC)CC(C(F)(F)F)C1. The molecule has 1 saturated carbocycles. The van der Waals surface area contributed by atoms with Gasteiger partial charge in [-0.15, -0.1) is 0 Å². The molecule has 4 heteroatoms. The first-order chi connectivity index (χ1) is 5.93. The van der Waals surface area contributed by atoms with Crippen molar-refractivity contribution >= 4 is 0 Å². The van der Waals surface area contributed by atoms with Gasteiger partial charge < -0.3 is 4.74 Å². The number of hydrogen-bond acceptors (Lipinski definition) is 1. The molecule has 13 heavy (non-hydrogen) atoms. The molecule has 0 aromatic heterocycles. The molecule has 1 aliphatic carbocycles. The van der Waals surface area contributed by atoms with Crippen LogP contribution < -0.4 is 0 Å². The van der Waals surface area contributed by atoms with Gasteiger partial charge in [-0.1, -0.05) is 12.2 Å². The molecule has 0 aromatic rings. The predicted molar refractivity (Wildman–Crippen MR) is 43.3 cm³/mol. The maximum Gasteiger partial charge on any atom is 0.392 e. The summed E-state index contributed by atoms with van der Waals surface area (Å²) in [6.07, 6.45) is -3.74. The summed E-state index contributed by atoms with van der Waals surface area (Å²) in [6, 6.07) is 0. The smallest absolute Gasteiger partial charge is 0.381 e. The molecule has 2 unspecified atom stereocenters. The van der Waals surface area contributed by atoms with Gasteiger partial charge in [-0.05, 0) is 19.3 Å². The summed E-state index contributed by atoms with van der Waals surface area (Å²) in [5.74, 6) is -1.27. The van der Waals surface area contributed by atoms with E-state index in [-0.39, 0.29) is 18.9 Å². The van der Waals surface area contributed by atoms with Crippen LogP contribution in [0.1, 0.15) is 19.3 Å². The van der Waals surface area contributed by atoms with E-state index in [2.05, 4.69) is 6.58 Å². The van der Waals surface area contributed by atoms with Gasteiger partial charge in [-0.25, -0.2) is 0 Å². The van der Waals surface area contributed by atoms with Crippen LogP contribution in [0.4, 0.5) is 13.2 Å². The molecule has 1 aliphatic rings. The lowest BCUT2D eigenvalue weighted by atomic mass is 9.84. The Morgan fingerprint density at radius 2 is 2.00 bits per heavy atom. The van der Waals surface area contributed by atoms with E-state index in [9.17, 15) is 13.2 Å². The fourth-order valence-electron chi connectivity index (χ4n) is 1.67. The van der Waals surface area contributed by atoms with Gasteiger partial charge in [0.2, 0.25) is 0 Å². The van der Waals surface area contributed by atoms with Gasteiger partial charge in [0.15, 0.2) is 0 Å². The molecule has 0 amide bonds. The number of hydrogen-bond donors (Lipinski definition) is 0. The van der Waals surface area contributed by atoms with Gasteiger partial charge in [0.1, 0.15) is 0 Å². The third kappa shape index (κ3) is 2.72. The van der Waals surface area contributed by atoms with Crippen molar-refractivity contribution in [1.82, 2.24) is 0 Å². The van der Waals surface area contributed by atoms with Gasteiger partial charge >= 0.3 is 6.18 Å². The molecule has 2 atom stereocenters. The maximum atomic E-state index is 12.3. The molecule has 0 aromatic carbocycles. The summed E-state index contributed by atoms with van der Waals surface area (Å²) in [7, 11) is 1.44. The van der Waals surface area contributed by atoms with Crippen LogP contribution in [0.5, 0.6) is 0 Å². The summed E-state index contributed by atoms with van der Waals surface area (Å²) in [5, 5.41) is 0. The first-order valence-electron chi connectivity index (χ1n) is 4.19. The van der Waals surface area contributed by atoms with E-state index < -0.39 is 12.1 Å². The lowest BCUT2D eigenvalue weighted by Crippen LogP contribution is -2.32. The average molecular weight is 194 g/mol. The molecule has 0 heterocycles. The molecule has 1 fully saturated rings. The highest BCUT2D eigenvalue weighted by Gasteiger charge is 2.43. The number of alkyl halides is 3. The molecule has 0 radical (unpaired) electrons. The Morgan fingerprint density at radius 1 is 1.38 bits per heavy atom. The molecule has 0 bridgehead atoms. The van der Waals surface area contributed by atoms with Crippen LogP contribution in [0.3, 0.4) is 0 Å². The Balaban J connectivity index is 2.62. The first kappa shape index (κ1) is 10.6. The average Bonchev–Trinajstić information content (AvgIpc) is 2.01. The van der Waals surface area contributed by atoms with Gasteiger partial charge in [-0.3, -0.25) is 0 Å². The molecule has 76 valence electrons. The molecule has 0 spiro atoms. The number of ether oxygens (including phenoxy) is 1.